The van der Waals surface area contributed by atoms with Crippen LogP contribution in [0.2, 0.25) is 10.0 Å². The first-order chi connectivity index (χ1) is 17.4. The molecule has 4 rings (SSSR count). The number of nitrogens with zero attached hydrogens (tertiary/aromatic N) is 4. The first-order valence-electron chi connectivity index (χ1n) is 12.0. The highest BCUT2D eigenvalue weighted by Crippen LogP contribution is 2.41. The van der Waals surface area contributed by atoms with Gasteiger partial charge in [0.25, 0.3) is 0 Å². The van der Waals surface area contributed by atoms with Gasteiger partial charge in [0.2, 0.25) is 0 Å². The number of hydrogen-bond donors (Lipinski definition) is 1. The number of ether oxygens (including phenoxy) is 2. The second-order valence-corrected chi connectivity index (χ2v) is 9.84. The van der Waals surface area contributed by atoms with Crippen LogP contribution < -0.4 is 10.1 Å². The molecule has 0 saturated carbocycles. The third kappa shape index (κ3) is 5.96. The summed E-state index contributed by atoms with van der Waals surface area (Å²) in [6.07, 6.45) is 9.06. The van der Waals surface area contributed by atoms with Crippen molar-refractivity contribution in [3.05, 3.63) is 62.6 Å². The third-order valence-electron chi connectivity index (χ3n) is 6.58. The maximum atomic E-state index is 9.80. The SMILES string of the molecule is COc1c(Cl)cc(Cl)c(Nc2c(C#N)cnc3c2CC=CC(OCCCN2CCN(C)CC2)=C3)c1C. The topological polar surface area (TPSA) is 73.6 Å². The number of nitriles is 1. The van der Waals surface area contributed by atoms with Gasteiger partial charge in [-0.3, -0.25) is 4.98 Å². The highest BCUT2D eigenvalue weighted by molar-refractivity contribution is 6.37. The molecule has 0 bridgehead atoms. The second-order valence-electron chi connectivity index (χ2n) is 9.02. The fourth-order valence-corrected chi connectivity index (χ4v) is 5.17. The van der Waals surface area contributed by atoms with E-state index in [1.807, 2.05) is 25.2 Å². The molecule has 9 heteroatoms. The number of methoxy groups -OCH3 is 1. The Bertz CT molecular complexity index is 1210. The summed E-state index contributed by atoms with van der Waals surface area (Å²) in [6, 6.07) is 3.88. The molecule has 7 nitrogen and oxygen atoms in total. The normalized spacial score (nSPS) is 16.1. The predicted molar refractivity (Wildman–Crippen MR) is 145 cm³/mol. The molecule has 0 atom stereocenters. The lowest BCUT2D eigenvalue weighted by molar-refractivity contribution is 0.137. The number of pyridine rings is 1. The van der Waals surface area contributed by atoms with Crippen LogP contribution in [-0.4, -0.2) is 68.3 Å². The summed E-state index contributed by atoms with van der Waals surface area (Å²) in [5.41, 5.74) is 4.13. The monoisotopic (exact) mass is 527 g/mol. The molecule has 0 unspecified atom stereocenters. The molecule has 2 aromatic rings. The van der Waals surface area contributed by atoms with E-state index in [1.165, 1.54) is 0 Å². The van der Waals surface area contributed by atoms with E-state index in [0.29, 0.717) is 45.8 Å². The number of anilines is 2. The molecule has 1 aliphatic carbocycles. The molecule has 1 aromatic carbocycles. The Morgan fingerprint density at radius 1 is 1.17 bits per heavy atom. The lowest BCUT2D eigenvalue weighted by atomic mass is 10.0. The first-order valence-corrected chi connectivity index (χ1v) is 12.8. The van der Waals surface area contributed by atoms with Crippen LogP contribution in [0.1, 0.15) is 28.8 Å². The summed E-state index contributed by atoms with van der Waals surface area (Å²) >= 11 is 12.8. The fourth-order valence-electron chi connectivity index (χ4n) is 4.49. The number of piperazine rings is 1. The van der Waals surface area contributed by atoms with Crippen molar-refractivity contribution in [2.24, 2.45) is 0 Å². The van der Waals surface area contributed by atoms with Crippen LogP contribution in [0.25, 0.3) is 6.08 Å². The van der Waals surface area contributed by atoms with Gasteiger partial charge in [0.15, 0.2) is 0 Å². The van der Waals surface area contributed by atoms with Gasteiger partial charge in [-0.25, -0.2) is 0 Å². The molecule has 0 spiro atoms. The molecule has 1 fully saturated rings. The van der Waals surface area contributed by atoms with E-state index in [1.54, 1.807) is 19.4 Å². The van der Waals surface area contributed by atoms with Crippen molar-refractivity contribution in [1.82, 2.24) is 14.8 Å². The van der Waals surface area contributed by atoms with Gasteiger partial charge >= 0.3 is 0 Å². The number of benzene rings is 1. The largest absolute Gasteiger partial charge is 0.495 e. The van der Waals surface area contributed by atoms with Gasteiger partial charge < -0.3 is 24.6 Å². The Morgan fingerprint density at radius 2 is 1.94 bits per heavy atom. The van der Waals surface area contributed by atoms with Crippen molar-refractivity contribution in [2.75, 3.05) is 58.8 Å². The highest BCUT2D eigenvalue weighted by Gasteiger charge is 2.20. The number of rotatable bonds is 8. The minimum atomic E-state index is 0.427. The lowest BCUT2D eigenvalue weighted by Crippen LogP contribution is -2.44. The van der Waals surface area contributed by atoms with Crippen molar-refractivity contribution < 1.29 is 9.47 Å². The maximum Gasteiger partial charge on any atom is 0.142 e. The van der Waals surface area contributed by atoms with E-state index in [0.717, 1.165) is 61.7 Å². The quantitative estimate of drug-likeness (QED) is 0.458. The van der Waals surface area contributed by atoms with E-state index in [-0.39, 0.29) is 0 Å². The Morgan fingerprint density at radius 3 is 2.67 bits per heavy atom. The molecule has 1 aromatic heterocycles. The molecule has 36 heavy (non-hydrogen) atoms. The van der Waals surface area contributed by atoms with Crippen LogP contribution in [0.5, 0.6) is 5.75 Å². The Kier molecular flexibility index (Phi) is 8.76. The van der Waals surface area contributed by atoms with Crippen LogP contribution in [0.4, 0.5) is 11.4 Å². The zero-order valence-corrected chi connectivity index (χ0v) is 22.4. The molecule has 2 heterocycles. The average Bonchev–Trinajstić information content (AvgIpc) is 3.07. The second kappa shape index (κ2) is 12.0. The Hall–Kier alpha value is -2.76. The van der Waals surface area contributed by atoms with Crippen LogP contribution in [0.3, 0.4) is 0 Å². The summed E-state index contributed by atoms with van der Waals surface area (Å²) in [5, 5.41) is 14.0. The van der Waals surface area contributed by atoms with Crippen molar-refractivity contribution in [2.45, 2.75) is 19.8 Å². The van der Waals surface area contributed by atoms with Gasteiger partial charge in [-0.15, -0.1) is 0 Å². The average molecular weight is 528 g/mol. The first kappa shape index (κ1) is 26.3. The summed E-state index contributed by atoms with van der Waals surface area (Å²) in [4.78, 5) is 9.40. The van der Waals surface area contributed by atoms with Gasteiger partial charge in [-0.1, -0.05) is 29.3 Å². The smallest absolute Gasteiger partial charge is 0.142 e. The van der Waals surface area contributed by atoms with E-state index >= 15 is 0 Å². The zero-order valence-electron chi connectivity index (χ0n) is 20.9. The van der Waals surface area contributed by atoms with Crippen molar-refractivity contribution >= 4 is 40.7 Å². The highest BCUT2D eigenvalue weighted by atomic mass is 35.5. The number of allylic oxidation sites excluding steroid dienone is 2. The third-order valence-corrected chi connectivity index (χ3v) is 7.16. The van der Waals surface area contributed by atoms with Crippen LogP contribution >= 0.6 is 23.2 Å². The van der Waals surface area contributed by atoms with Crippen LogP contribution in [0.15, 0.2) is 30.2 Å². The fraction of sp³-hybridized carbons (Fsp3) is 0.407. The number of aromatic nitrogens is 1. The van der Waals surface area contributed by atoms with Crippen molar-refractivity contribution in [3.63, 3.8) is 0 Å². The Labute approximate surface area is 222 Å². The zero-order chi connectivity index (χ0) is 25.7. The number of hydrogen-bond acceptors (Lipinski definition) is 7. The molecule has 1 saturated heterocycles. The standard InChI is InChI=1S/C27H31Cl2N5O2/c1-18-25(22(28)15-23(29)27(18)35-3)32-26-19(16-30)17-31-24-14-20(6-4-7-21(24)26)36-13-5-8-34-11-9-33(2)10-12-34/h4,6,14-15,17H,5,7-13H2,1-3H3,(H,31,32). The van der Waals surface area contributed by atoms with Gasteiger partial charge in [0.1, 0.15) is 17.6 Å². The minimum absolute atomic E-state index is 0.427. The summed E-state index contributed by atoms with van der Waals surface area (Å²) in [5.74, 6) is 1.30. The number of likely N-dealkylation sites (N-methyl/N-ethyl adjacent to an activating group) is 1. The molecular formula is C27H31Cl2N5O2. The number of nitrogens with one attached hydrogen (secondary N) is 1. The van der Waals surface area contributed by atoms with Crippen LogP contribution in [-0.2, 0) is 11.2 Å². The summed E-state index contributed by atoms with van der Waals surface area (Å²) in [7, 11) is 3.73. The van der Waals surface area contributed by atoms with Gasteiger partial charge in [0, 0.05) is 56.1 Å². The molecule has 0 radical (unpaired) electrons. The number of fused-ring (bicyclic) bond motifs is 1. The molecule has 2 aliphatic rings. The van der Waals surface area contributed by atoms with Crippen molar-refractivity contribution in [1.29, 1.82) is 5.26 Å². The molecule has 1 N–H and O–H groups in total. The molecule has 0 amide bonds. The van der Waals surface area contributed by atoms with Gasteiger partial charge in [-0.2, -0.15) is 5.26 Å². The van der Waals surface area contributed by atoms with Gasteiger partial charge in [0.05, 0.1) is 46.4 Å². The lowest BCUT2D eigenvalue weighted by Gasteiger charge is -2.32. The Balaban J connectivity index is 1.52. The summed E-state index contributed by atoms with van der Waals surface area (Å²) in [6.45, 7) is 7.99. The molecule has 190 valence electrons. The van der Waals surface area contributed by atoms with E-state index in [4.69, 9.17) is 32.7 Å². The van der Waals surface area contributed by atoms with Gasteiger partial charge in [-0.05, 0) is 39.0 Å². The maximum absolute atomic E-state index is 9.80. The van der Waals surface area contributed by atoms with E-state index in [9.17, 15) is 5.26 Å². The van der Waals surface area contributed by atoms with E-state index in [2.05, 4.69) is 33.2 Å². The van der Waals surface area contributed by atoms with Crippen LogP contribution in [0, 0.1) is 18.3 Å². The molecular weight excluding hydrogens is 497 g/mol. The van der Waals surface area contributed by atoms with Crippen molar-refractivity contribution in [3.8, 4) is 11.8 Å². The van der Waals surface area contributed by atoms with E-state index < -0.39 is 0 Å². The number of halogens is 2. The molecule has 1 aliphatic heterocycles. The minimum Gasteiger partial charge on any atom is -0.495 e. The predicted octanol–water partition coefficient (Wildman–Crippen LogP) is 5.43. The summed E-state index contributed by atoms with van der Waals surface area (Å²) < 4.78 is 11.5.